The Labute approximate surface area is 134 Å². The number of carbonyl (C=O) groups excluding carboxylic acids is 1. The summed E-state index contributed by atoms with van der Waals surface area (Å²) in [4.78, 5) is 18.2. The van der Waals surface area contributed by atoms with Gasteiger partial charge in [0.05, 0.1) is 18.6 Å². The van der Waals surface area contributed by atoms with Gasteiger partial charge in [-0.1, -0.05) is 6.07 Å². The maximum absolute atomic E-state index is 12.6. The molecule has 2 aliphatic rings. The highest BCUT2D eigenvalue weighted by Crippen LogP contribution is 2.34. The number of carbonyl (C=O) groups is 1. The first kappa shape index (κ1) is 14.0. The van der Waals surface area contributed by atoms with Crippen molar-refractivity contribution in [1.29, 1.82) is 0 Å². The fourth-order valence-corrected chi connectivity index (χ4v) is 4.33. The smallest absolute Gasteiger partial charge is 0.237 e. The van der Waals surface area contributed by atoms with Gasteiger partial charge in [-0.25, -0.2) is 0 Å². The van der Waals surface area contributed by atoms with E-state index in [-0.39, 0.29) is 5.91 Å². The Hall–Kier alpha value is -1.66. The van der Waals surface area contributed by atoms with E-state index in [0.717, 1.165) is 32.5 Å². The van der Waals surface area contributed by atoms with Gasteiger partial charge < -0.3 is 4.90 Å². The van der Waals surface area contributed by atoms with Gasteiger partial charge >= 0.3 is 0 Å². The molecule has 1 atom stereocenters. The van der Waals surface area contributed by atoms with Crippen LogP contribution in [0.25, 0.3) is 0 Å². The van der Waals surface area contributed by atoms with Crippen molar-refractivity contribution in [2.75, 3.05) is 26.2 Å². The minimum atomic E-state index is 0.273. The zero-order valence-electron chi connectivity index (χ0n) is 12.5. The topological polar surface area (TPSA) is 41.4 Å². The number of nitrogens with zero attached hydrogens (tertiary/aromatic N) is 4. The molecule has 1 unspecified atom stereocenters. The first-order valence-electron chi connectivity index (χ1n) is 7.85. The molecule has 0 saturated carbocycles. The van der Waals surface area contributed by atoms with Crippen molar-refractivity contribution in [3.05, 3.63) is 40.8 Å². The van der Waals surface area contributed by atoms with Gasteiger partial charge in [0.25, 0.3) is 0 Å². The van der Waals surface area contributed by atoms with Crippen molar-refractivity contribution in [3.63, 3.8) is 0 Å². The van der Waals surface area contributed by atoms with E-state index in [1.54, 1.807) is 11.3 Å². The standard InChI is InChI=1S/C16H20N4OS/c21-16(12-18-10-13(11-18)20-8-3-6-17-20)19-7-1-4-14(19)15-5-2-9-22-15/h2-3,5-6,8-9,13-14H,1,4,7,10-12H2. The van der Waals surface area contributed by atoms with E-state index >= 15 is 0 Å². The molecule has 0 spiro atoms. The first-order valence-corrected chi connectivity index (χ1v) is 8.73. The van der Waals surface area contributed by atoms with Crippen LogP contribution in [0.3, 0.4) is 0 Å². The molecule has 2 saturated heterocycles. The Morgan fingerprint density at radius 3 is 3.00 bits per heavy atom. The highest BCUT2D eigenvalue weighted by atomic mass is 32.1. The number of aromatic nitrogens is 2. The third-order valence-electron chi connectivity index (χ3n) is 4.64. The van der Waals surface area contributed by atoms with Crippen LogP contribution >= 0.6 is 11.3 Å². The number of thiophene rings is 1. The Morgan fingerprint density at radius 2 is 2.27 bits per heavy atom. The quantitative estimate of drug-likeness (QED) is 0.868. The number of amides is 1. The van der Waals surface area contributed by atoms with Crippen molar-refractivity contribution < 1.29 is 4.79 Å². The number of rotatable bonds is 4. The van der Waals surface area contributed by atoms with Crippen LogP contribution in [-0.4, -0.2) is 51.7 Å². The minimum Gasteiger partial charge on any atom is -0.334 e. The monoisotopic (exact) mass is 316 g/mol. The Kier molecular flexibility index (Phi) is 3.72. The van der Waals surface area contributed by atoms with Crippen molar-refractivity contribution >= 4 is 17.2 Å². The largest absolute Gasteiger partial charge is 0.334 e. The predicted molar refractivity (Wildman–Crippen MR) is 85.7 cm³/mol. The third kappa shape index (κ3) is 2.57. The highest BCUT2D eigenvalue weighted by Gasteiger charge is 2.35. The fourth-order valence-electron chi connectivity index (χ4n) is 3.46. The van der Waals surface area contributed by atoms with E-state index in [2.05, 4.69) is 32.4 Å². The van der Waals surface area contributed by atoms with Gasteiger partial charge in [-0.2, -0.15) is 5.10 Å². The van der Waals surface area contributed by atoms with Crippen LogP contribution in [0.15, 0.2) is 36.0 Å². The van der Waals surface area contributed by atoms with Crippen LogP contribution < -0.4 is 0 Å². The lowest BCUT2D eigenvalue weighted by molar-refractivity contribution is -0.134. The molecular weight excluding hydrogens is 296 g/mol. The van der Waals surface area contributed by atoms with E-state index in [0.29, 0.717) is 18.6 Å². The molecule has 0 aliphatic carbocycles. The minimum absolute atomic E-state index is 0.273. The average Bonchev–Trinajstić information content (AvgIpc) is 3.23. The van der Waals surface area contributed by atoms with Crippen LogP contribution in [0, 0.1) is 0 Å². The summed E-state index contributed by atoms with van der Waals surface area (Å²) in [5.74, 6) is 0.273. The highest BCUT2D eigenvalue weighted by molar-refractivity contribution is 7.10. The van der Waals surface area contributed by atoms with Crippen LogP contribution in [0.1, 0.15) is 29.8 Å². The molecule has 5 nitrogen and oxygen atoms in total. The normalized spacial score (nSPS) is 22.9. The summed E-state index contributed by atoms with van der Waals surface area (Å²) in [5, 5.41) is 6.37. The maximum atomic E-state index is 12.6. The average molecular weight is 316 g/mol. The lowest BCUT2D eigenvalue weighted by Crippen LogP contribution is -2.52. The molecule has 4 rings (SSSR count). The second-order valence-electron chi connectivity index (χ2n) is 6.09. The Bertz CT molecular complexity index is 619. The lowest BCUT2D eigenvalue weighted by Gasteiger charge is -2.39. The van der Waals surface area contributed by atoms with E-state index < -0.39 is 0 Å². The van der Waals surface area contributed by atoms with E-state index in [1.807, 2.05) is 23.1 Å². The molecular formula is C16H20N4OS. The SMILES string of the molecule is O=C(CN1CC(n2cccn2)C1)N1CCCC1c1cccs1. The molecule has 0 bridgehead atoms. The molecule has 4 heterocycles. The molecule has 0 radical (unpaired) electrons. The molecule has 2 aromatic heterocycles. The summed E-state index contributed by atoms with van der Waals surface area (Å²) in [6.45, 7) is 3.29. The molecule has 2 aromatic rings. The van der Waals surface area contributed by atoms with Crippen LogP contribution in [0.2, 0.25) is 0 Å². The fraction of sp³-hybridized carbons (Fsp3) is 0.500. The van der Waals surface area contributed by atoms with Crippen LogP contribution in [-0.2, 0) is 4.79 Å². The van der Waals surface area contributed by atoms with Crippen molar-refractivity contribution in [2.45, 2.75) is 24.9 Å². The second-order valence-corrected chi connectivity index (χ2v) is 7.07. The summed E-state index contributed by atoms with van der Waals surface area (Å²) in [6.07, 6.45) is 6.02. The molecule has 0 aromatic carbocycles. The summed E-state index contributed by atoms with van der Waals surface area (Å²) in [6, 6.07) is 6.90. The lowest BCUT2D eigenvalue weighted by atomic mass is 10.1. The zero-order valence-corrected chi connectivity index (χ0v) is 13.3. The molecule has 1 amide bonds. The number of hydrogen-bond donors (Lipinski definition) is 0. The van der Waals surface area contributed by atoms with Crippen molar-refractivity contribution in [2.24, 2.45) is 0 Å². The number of likely N-dealkylation sites (tertiary alicyclic amines) is 2. The first-order chi connectivity index (χ1) is 10.8. The molecule has 0 N–H and O–H groups in total. The Morgan fingerprint density at radius 1 is 1.36 bits per heavy atom. The summed E-state index contributed by atoms with van der Waals surface area (Å²) < 4.78 is 1.99. The summed E-state index contributed by atoms with van der Waals surface area (Å²) >= 11 is 1.76. The van der Waals surface area contributed by atoms with Gasteiger partial charge in [0, 0.05) is 36.9 Å². The van der Waals surface area contributed by atoms with Gasteiger partial charge in [0.2, 0.25) is 5.91 Å². The van der Waals surface area contributed by atoms with Gasteiger partial charge in [0.15, 0.2) is 0 Å². The molecule has 6 heteroatoms. The third-order valence-corrected chi connectivity index (χ3v) is 5.61. The zero-order chi connectivity index (χ0) is 14.9. The molecule has 2 fully saturated rings. The summed E-state index contributed by atoms with van der Waals surface area (Å²) in [5.41, 5.74) is 0. The Balaban J connectivity index is 1.33. The van der Waals surface area contributed by atoms with Crippen LogP contribution in [0.4, 0.5) is 0 Å². The number of hydrogen-bond acceptors (Lipinski definition) is 4. The van der Waals surface area contributed by atoms with Crippen LogP contribution in [0.5, 0.6) is 0 Å². The molecule has 116 valence electrons. The van der Waals surface area contributed by atoms with E-state index in [9.17, 15) is 4.79 Å². The summed E-state index contributed by atoms with van der Waals surface area (Å²) in [7, 11) is 0. The van der Waals surface area contributed by atoms with Gasteiger partial charge in [-0.3, -0.25) is 14.4 Å². The van der Waals surface area contributed by atoms with Gasteiger partial charge in [0.1, 0.15) is 0 Å². The maximum Gasteiger partial charge on any atom is 0.237 e. The molecule has 22 heavy (non-hydrogen) atoms. The van der Waals surface area contributed by atoms with Crippen molar-refractivity contribution in [3.8, 4) is 0 Å². The molecule has 2 aliphatic heterocycles. The van der Waals surface area contributed by atoms with Gasteiger partial charge in [-0.05, 0) is 30.4 Å². The second kappa shape index (κ2) is 5.85. The predicted octanol–water partition coefficient (Wildman–Crippen LogP) is 2.17. The van der Waals surface area contributed by atoms with E-state index in [1.165, 1.54) is 4.88 Å². The van der Waals surface area contributed by atoms with Crippen molar-refractivity contribution in [1.82, 2.24) is 19.6 Å². The van der Waals surface area contributed by atoms with E-state index in [4.69, 9.17) is 0 Å². The van der Waals surface area contributed by atoms with Gasteiger partial charge in [-0.15, -0.1) is 11.3 Å².